The molecule has 1 unspecified atom stereocenters. The number of carbonyl (C=O) groups excluding carboxylic acids is 1. The predicted octanol–water partition coefficient (Wildman–Crippen LogP) is 6.27. The number of nitrogens with zero attached hydrogens (tertiary/aromatic N) is 2. The molecule has 0 aliphatic carbocycles. The lowest BCUT2D eigenvalue weighted by Crippen LogP contribution is -2.47. The zero-order chi connectivity index (χ0) is 25.3. The van der Waals surface area contributed by atoms with Gasteiger partial charge in [0.1, 0.15) is 11.9 Å². The minimum Gasteiger partial charge on any atom is -0.490 e. The number of halogens is 1. The SMILES string of the molecule is CCCCNC(=O)Nc1cccc(OC(CCN2CCN(c3ccc(Cl)cc3)CC2)C(C)(C)C)c1. The van der Waals surface area contributed by atoms with Crippen LogP contribution in [0.15, 0.2) is 48.5 Å². The highest BCUT2D eigenvalue weighted by molar-refractivity contribution is 6.30. The number of anilines is 2. The van der Waals surface area contributed by atoms with E-state index in [1.165, 1.54) is 5.69 Å². The Morgan fingerprint density at radius 3 is 2.46 bits per heavy atom. The van der Waals surface area contributed by atoms with E-state index in [0.29, 0.717) is 6.54 Å². The minimum absolute atomic E-state index is 0.00785. The fourth-order valence-electron chi connectivity index (χ4n) is 4.22. The smallest absolute Gasteiger partial charge is 0.319 e. The maximum atomic E-state index is 12.1. The first-order chi connectivity index (χ1) is 16.7. The molecule has 2 amide bonds. The average molecular weight is 501 g/mol. The van der Waals surface area contributed by atoms with Gasteiger partial charge in [0.05, 0.1) is 0 Å². The standard InChI is InChI=1S/C28H41ClN4O2/c1-5-6-15-30-27(34)31-23-8-7-9-25(21-23)35-26(28(2,3)4)14-16-32-17-19-33(20-18-32)24-12-10-22(29)11-13-24/h7-13,21,26H,5-6,14-20H2,1-4H3,(H2,30,31,34). The Bertz CT molecular complexity index is 921. The van der Waals surface area contributed by atoms with Crippen molar-refractivity contribution >= 4 is 29.0 Å². The Kier molecular flexibility index (Phi) is 10.1. The number of hydrogen-bond donors (Lipinski definition) is 2. The van der Waals surface area contributed by atoms with Crippen LogP contribution in [-0.2, 0) is 0 Å². The molecule has 7 heteroatoms. The van der Waals surface area contributed by atoms with Crippen molar-refractivity contribution in [3.05, 3.63) is 53.6 Å². The van der Waals surface area contributed by atoms with Crippen LogP contribution in [0.1, 0.15) is 47.0 Å². The van der Waals surface area contributed by atoms with Crippen LogP contribution in [0.4, 0.5) is 16.2 Å². The zero-order valence-electron chi connectivity index (χ0n) is 21.6. The molecule has 35 heavy (non-hydrogen) atoms. The van der Waals surface area contributed by atoms with Gasteiger partial charge in [-0.3, -0.25) is 4.90 Å². The number of ether oxygens (including phenoxy) is 1. The Labute approximate surface area is 216 Å². The number of amides is 2. The number of benzene rings is 2. The van der Waals surface area contributed by atoms with Crippen molar-refractivity contribution in [1.82, 2.24) is 10.2 Å². The van der Waals surface area contributed by atoms with E-state index in [-0.39, 0.29) is 17.6 Å². The van der Waals surface area contributed by atoms with Gasteiger partial charge < -0.3 is 20.3 Å². The lowest BCUT2D eigenvalue weighted by molar-refractivity contribution is 0.0665. The lowest BCUT2D eigenvalue weighted by Gasteiger charge is -2.38. The van der Waals surface area contributed by atoms with E-state index in [9.17, 15) is 4.79 Å². The summed E-state index contributed by atoms with van der Waals surface area (Å²) in [6, 6.07) is 15.6. The summed E-state index contributed by atoms with van der Waals surface area (Å²) in [5, 5.41) is 6.57. The van der Waals surface area contributed by atoms with Gasteiger partial charge in [-0.25, -0.2) is 4.79 Å². The van der Waals surface area contributed by atoms with Crippen LogP contribution in [0.5, 0.6) is 5.75 Å². The van der Waals surface area contributed by atoms with Crippen LogP contribution in [0.3, 0.4) is 0 Å². The topological polar surface area (TPSA) is 56.8 Å². The number of hydrogen-bond acceptors (Lipinski definition) is 4. The fraction of sp³-hybridized carbons (Fsp3) is 0.536. The molecular weight excluding hydrogens is 460 g/mol. The van der Waals surface area contributed by atoms with Gasteiger partial charge in [0, 0.05) is 61.7 Å². The van der Waals surface area contributed by atoms with Gasteiger partial charge in [0.15, 0.2) is 0 Å². The third kappa shape index (κ3) is 8.93. The largest absolute Gasteiger partial charge is 0.490 e. The predicted molar refractivity (Wildman–Crippen MR) is 147 cm³/mol. The van der Waals surface area contributed by atoms with E-state index in [0.717, 1.165) is 68.4 Å². The van der Waals surface area contributed by atoms with Gasteiger partial charge in [0.25, 0.3) is 0 Å². The molecule has 1 fully saturated rings. The molecule has 1 aliphatic rings. The molecule has 0 bridgehead atoms. The van der Waals surface area contributed by atoms with Gasteiger partial charge in [-0.2, -0.15) is 0 Å². The van der Waals surface area contributed by atoms with Gasteiger partial charge in [-0.05, 0) is 54.7 Å². The van der Waals surface area contributed by atoms with Crippen molar-refractivity contribution in [2.45, 2.75) is 53.1 Å². The summed E-state index contributed by atoms with van der Waals surface area (Å²) < 4.78 is 6.47. The number of nitrogens with one attached hydrogen (secondary N) is 2. The van der Waals surface area contributed by atoms with E-state index in [1.807, 2.05) is 36.4 Å². The van der Waals surface area contributed by atoms with Crippen LogP contribution in [0, 0.1) is 5.41 Å². The van der Waals surface area contributed by atoms with Crippen LogP contribution in [-0.4, -0.2) is 56.3 Å². The highest BCUT2D eigenvalue weighted by Crippen LogP contribution is 2.29. The van der Waals surface area contributed by atoms with Crippen molar-refractivity contribution in [1.29, 1.82) is 0 Å². The normalized spacial score (nSPS) is 15.5. The van der Waals surface area contributed by atoms with E-state index in [4.69, 9.17) is 16.3 Å². The molecule has 0 aromatic heterocycles. The van der Waals surface area contributed by atoms with Gasteiger partial charge in [-0.15, -0.1) is 0 Å². The molecule has 0 spiro atoms. The molecule has 1 aliphatic heterocycles. The van der Waals surface area contributed by atoms with Crippen LogP contribution >= 0.6 is 11.6 Å². The number of urea groups is 1. The van der Waals surface area contributed by atoms with Crippen molar-refractivity contribution in [3.8, 4) is 5.75 Å². The van der Waals surface area contributed by atoms with E-state index in [2.05, 4.69) is 60.3 Å². The van der Waals surface area contributed by atoms with Crippen molar-refractivity contribution in [2.24, 2.45) is 5.41 Å². The second kappa shape index (κ2) is 13.0. The molecule has 1 saturated heterocycles. The highest BCUT2D eigenvalue weighted by atomic mass is 35.5. The summed E-state index contributed by atoms with van der Waals surface area (Å²) in [7, 11) is 0. The monoisotopic (exact) mass is 500 g/mol. The fourth-order valence-corrected chi connectivity index (χ4v) is 4.34. The first-order valence-electron chi connectivity index (χ1n) is 12.8. The van der Waals surface area contributed by atoms with Crippen molar-refractivity contribution in [3.63, 3.8) is 0 Å². The molecule has 6 nitrogen and oxygen atoms in total. The lowest BCUT2D eigenvalue weighted by atomic mass is 9.87. The molecule has 1 atom stereocenters. The van der Waals surface area contributed by atoms with E-state index in [1.54, 1.807) is 0 Å². The van der Waals surface area contributed by atoms with Crippen molar-refractivity contribution < 1.29 is 9.53 Å². The third-order valence-corrected chi connectivity index (χ3v) is 6.68. The number of rotatable bonds is 10. The Morgan fingerprint density at radius 2 is 1.80 bits per heavy atom. The molecule has 192 valence electrons. The van der Waals surface area contributed by atoms with Crippen molar-refractivity contribution in [2.75, 3.05) is 49.5 Å². The van der Waals surface area contributed by atoms with E-state index < -0.39 is 0 Å². The number of piperazine rings is 1. The summed E-state index contributed by atoms with van der Waals surface area (Å²) in [6.45, 7) is 14.5. The Morgan fingerprint density at radius 1 is 1.09 bits per heavy atom. The Balaban J connectivity index is 1.51. The molecular formula is C28H41ClN4O2. The van der Waals surface area contributed by atoms with E-state index >= 15 is 0 Å². The van der Waals surface area contributed by atoms with Gasteiger partial charge in [0.2, 0.25) is 0 Å². The van der Waals surface area contributed by atoms with Crippen LogP contribution < -0.4 is 20.3 Å². The molecule has 2 N–H and O–H groups in total. The zero-order valence-corrected chi connectivity index (χ0v) is 22.4. The summed E-state index contributed by atoms with van der Waals surface area (Å²) >= 11 is 6.03. The average Bonchev–Trinajstić information content (AvgIpc) is 2.82. The second-order valence-corrected chi connectivity index (χ2v) is 10.8. The summed E-state index contributed by atoms with van der Waals surface area (Å²) in [4.78, 5) is 17.0. The first-order valence-corrected chi connectivity index (χ1v) is 13.2. The number of carbonyl (C=O) groups is 1. The summed E-state index contributed by atoms with van der Waals surface area (Å²) in [5.41, 5.74) is 1.96. The maximum Gasteiger partial charge on any atom is 0.319 e. The molecule has 0 saturated carbocycles. The summed E-state index contributed by atoms with van der Waals surface area (Å²) in [5.74, 6) is 0.781. The minimum atomic E-state index is -0.180. The second-order valence-electron chi connectivity index (χ2n) is 10.3. The molecule has 3 rings (SSSR count). The third-order valence-electron chi connectivity index (χ3n) is 6.42. The van der Waals surface area contributed by atoms with Gasteiger partial charge >= 0.3 is 6.03 Å². The number of unbranched alkanes of at least 4 members (excludes halogenated alkanes) is 1. The molecule has 2 aromatic carbocycles. The van der Waals surface area contributed by atoms with Crippen LogP contribution in [0.2, 0.25) is 5.02 Å². The Hall–Kier alpha value is -2.44. The van der Waals surface area contributed by atoms with Crippen LogP contribution in [0.25, 0.3) is 0 Å². The highest BCUT2D eigenvalue weighted by Gasteiger charge is 2.28. The molecule has 1 heterocycles. The molecule has 2 aromatic rings. The van der Waals surface area contributed by atoms with Gasteiger partial charge in [-0.1, -0.05) is 51.8 Å². The quantitative estimate of drug-likeness (QED) is 0.377. The first kappa shape index (κ1) is 27.2. The maximum absolute atomic E-state index is 12.1. The summed E-state index contributed by atoms with van der Waals surface area (Å²) in [6.07, 6.45) is 3.03. The molecule has 0 radical (unpaired) electrons.